The number of carbonyl (C=O) groups is 1. The zero-order valence-corrected chi connectivity index (χ0v) is 14.0. The van der Waals surface area contributed by atoms with Crippen molar-refractivity contribution in [2.75, 3.05) is 14.1 Å². The fraction of sp³-hybridized carbons (Fsp3) is 0.667. The molecule has 1 radical (unpaired) electrons. The van der Waals surface area contributed by atoms with Crippen molar-refractivity contribution in [3.05, 3.63) is 10.6 Å². The smallest absolute Gasteiger partial charge is 0 e. The summed E-state index contributed by atoms with van der Waals surface area (Å²) >= 11 is 0. The standard InChI is InChI=1S/C3H7N2O.Re.Rf/c1-4-3(6)5-2;;/h1-2H3,(H-,4,5,6);;/q-1;;/p-1. The van der Waals surface area contributed by atoms with Crippen molar-refractivity contribution >= 4 is 6.03 Å². The second kappa shape index (κ2) is 9.33. The SMILES string of the molecule is C[N-]C(=O)[N-]C.[Re].[Rf]. The zero-order chi connectivity index (χ0) is 4.99. The third-order valence-electron chi connectivity index (χ3n) is 0.383. The van der Waals surface area contributed by atoms with Gasteiger partial charge in [-0.05, 0) is 6.03 Å². The van der Waals surface area contributed by atoms with Crippen LogP contribution in [0.4, 0.5) is 4.79 Å². The van der Waals surface area contributed by atoms with Gasteiger partial charge in [-0.1, -0.05) is 0 Å². The molecule has 0 atom stereocenters. The molecule has 2 amide bonds. The molecular formula is C3H6N2OReRf-2. The van der Waals surface area contributed by atoms with E-state index in [4.69, 9.17) is 0 Å². The Morgan fingerprint density at radius 2 is 1.50 bits per heavy atom. The van der Waals surface area contributed by atoms with Gasteiger partial charge in [0, 0.05) is 20.4 Å². The van der Waals surface area contributed by atoms with Crippen LogP contribution in [0.1, 0.15) is 0 Å². The molecule has 3 nitrogen and oxygen atoms in total. The molecule has 0 aliphatic heterocycles. The van der Waals surface area contributed by atoms with E-state index in [9.17, 15) is 4.79 Å². The maximum Gasteiger partial charge on any atom is 0 e. The van der Waals surface area contributed by atoms with Gasteiger partial charge in [-0.15, -0.1) is 14.1 Å². The fourth-order valence-corrected chi connectivity index (χ4v) is 0.100. The van der Waals surface area contributed by atoms with Gasteiger partial charge in [-0.25, -0.2) is 0 Å². The predicted octanol–water partition coefficient (Wildman–Crippen LogP) is 1.11. The molecule has 0 aliphatic rings. The Hall–Kier alpha value is -1.07. The summed E-state index contributed by atoms with van der Waals surface area (Å²) in [5, 5.41) is 6.40. The van der Waals surface area contributed by atoms with E-state index in [1.54, 1.807) is 0 Å². The summed E-state index contributed by atoms with van der Waals surface area (Å²) < 4.78 is 0. The molecule has 5 heteroatoms. The van der Waals surface area contributed by atoms with Crippen LogP contribution in [0.3, 0.4) is 0 Å². The Bertz CT molecular complexity index is 55.2. The van der Waals surface area contributed by atoms with Crippen LogP contribution in [0.25, 0.3) is 10.6 Å². The molecule has 0 aromatic heterocycles. The van der Waals surface area contributed by atoms with Gasteiger partial charge in [-0.2, -0.15) is 0 Å². The van der Waals surface area contributed by atoms with Crippen LogP contribution in [0.5, 0.6) is 0 Å². The Morgan fingerprint density at radius 3 is 1.50 bits per heavy atom. The maximum absolute atomic E-state index is 9.85. The third-order valence-corrected chi connectivity index (χ3v) is 0.383. The Kier molecular flexibility index (Phi) is 18.4. The van der Waals surface area contributed by atoms with Crippen molar-refractivity contribution in [2.24, 2.45) is 0 Å². The van der Waals surface area contributed by atoms with Gasteiger partial charge >= 0.3 is 0 Å². The first kappa shape index (κ1) is 15.8. The van der Waals surface area contributed by atoms with Gasteiger partial charge in [0.2, 0.25) is 0 Å². The third kappa shape index (κ3) is 8.87. The van der Waals surface area contributed by atoms with E-state index in [2.05, 4.69) is 10.6 Å². The predicted molar refractivity (Wildman–Crippen MR) is 24.0 cm³/mol. The van der Waals surface area contributed by atoms with Crippen LogP contribution < -0.4 is 0 Å². The summed E-state index contributed by atoms with van der Waals surface area (Å²) in [6, 6.07) is -0.407. The van der Waals surface area contributed by atoms with Crippen LogP contribution in [-0.2, 0) is 20.4 Å². The van der Waals surface area contributed by atoms with E-state index in [0.29, 0.717) is 0 Å². The summed E-state index contributed by atoms with van der Waals surface area (Å²) in [7, 11) is 2.82. The topological polar surface area (TPSA) is 45.3 Å². The summed E-state index contributed by atoms with van der Waals surface area (Å²) in [6.07, 6.45) is 0. The van der Waals surface area contributed by atoms with E-state index in [1.165, 1.54) is 14.1 Å². The zero-order valence-electron chi connectivity index (χ0n) is 4.89. The van der Waals surface area contributed by atoms with Crippen molar-refractivity contribution < 1.29 is 25.2 Å². The average Bonchev–Trinajstić information content (AvgIpc) is 1.65. The Labute approximate surface area is 56.5 Å². The maximum atomic E-state index is 9.85. The first-order valence-electron chi connectivity index (χ1n) is 1.55. The minimum atomic E-state index is -0.407. The molecular weight excluding hydrogens is 533 g/mol. The molecule has 0 unspecified atom stereocenters. The minimum Gasteiger partial charge on any atom is -0.672 e. The summed E-state index contributed by atoms with van der Waals surface area (Å²) in [4.78, 5) is 9.85. The van der Waals surface area contributed by atoms with Gasteiger partial charge < -0.3 is 15.4 Å². The van der Waals surface area contributed by atoms with E-state index >= 15 is 0 Å². The van der Waals surface area contributed by atoms with E-state index in [-0.39, 0.29) is 20.4 Å². The normalized spacial score (nSPS) is 5.25. The molecule has 0 bridgehead atoms. The number of urea groups is 1. The second-order valence-electron chi connectivity index (χ2n) is 0.730. The largest absolute Gasteiger partial charge is 0.672 e. The van der Waals surface area contributed by atoms with Crippen molar-refractivity contribution in [3.8, 4) is 0 Å². The molecule has 0 heterocycles. The number of hydrogen-bond donors (Lipinski definition) is 0. The quantitative estimate of drug-likeness (QED) is 0.456. The van der Waals surface area contributed by atoms with Crippen molar-refractivity contribution in [1.82, 2.24) is 0 Å². The molecule has 0 aromatic rings. The van der Waals surface area contributed by atoms with E-state index in [1.807, 2.05) is 0 Å². The second-order valence-corrected chi connectivity index (χ2v) is 0.730. The molecule has 0 saturated carbocycles. The van der Waals surface area contributed by atoms with Crippen molar-refractivity contribution in [3.63, 3.8) is 0 Å². The minimum absolute atomic E-state index is 0. The molecule has 0 rings (SSSR count). The summed E-state index contributed by atoms with van der Waals surface area (Å²) in [5.74, 6) is 0. The van der Waals surface area contributed by atoms with E-state index in [0.717, 1.165) is 0 Å². The van der Waals surface area contributed by atoms with Crippen LogP contribution >= 0.6 is 0 Å². The first-order chi connectivity index (χ1) is 2.81. The van der Waals surface area contributed by atoms with Crippen LogP contribution in [0.2, 0.25) is 0 Å². The molecule has 0 aliphatic carbocycles. The molecule has 0 spiro atoms. The molecule has 0 fully saturated rings. The van der Waals surface area contributed by atoms with Crippen LogP contribution in [0.15, 0.2) is 0 Å². The fourth-order valence-electron chi connectivity index (χ4n) is 0.100. The van der Waals surface area contributed by atoms with Crippen LogP contribution in [0, 0.1) is 0 Å². The monoisotopic (exact) mass is 540 g/mol. The van der Waals surface area contributed by atoms with Gasteiger partial charge in [0.25, 0.3) is 0 Å². The summed E-state index contributed by atoms with van der Waals surface area (Å²) in [5.41, 5.74) is 0. The molecule has 8 heavy (non-hydrogen) atoms. The number of nitrogens with zero attached hydrogens (tertiary/aromatic N) is 2. The van der Waals surface area contributed by atoms with Crippen molar-refractivity contribution in [1.29, 1.82) is 0 Å². The molecule has 0 saturated heterocycles. The molecule has 0 N–H and O–H groups in total. The number of amides is 2. The van der Waals surface area contributed by atoms with Gasteiger partial charge in [0.1, 0.15) is 0 Å². The van der Waals surface area contributed by atoms with E-state index < -0.39 is 6.03 Å². The van der Waals surface area contributed by atoms with Crippen molar-refractivity contribution in [2.45, 2.75) is 0 Å². The molecule has 45 valence electrons. The van der Waals surface area contributed by atoms with Gasteiger partial charge in [-0.3, -0.25) is 0 Å². The van der Waals surface area contributed by atoms with Gasteiger partial charge in [0.15, 0.2) is 0 Å². The Morgan fingerprint density at radius 1 is 1.25 bits per heavy atom. The van der Waals surface area contributed by atoms with Crippen LogP contribution in [-0.4, -0.2) is 20.1 Å². The number of rotatable bonds is 0. The summed E-state index contributed by atoms with van der Waals surface area (Å²) in [6.45, 7) is 0. The van der Waals surface area contributed by atoms with Gasteiger partial charge in [0.05, 0.1) is 0 Å². The average molecular weight is 539 g/mol. The number of carbonyl (C=O) groups excluding carboxylic acids is 1. The molecule has 0 aromatic carbocycles. The number of hydrogen-bond acceptors (Lipinski definition) is 1. The Balaban J connectivity index is -0.000000125. The first-order valence-corrected chi connectivity index (χ1v) is 1.55.